The van der Waals surface area contributed by atoms with Crippen molar-refractivity contribution in [2.75, 3.05) is 0 Å². The molecule has 0 atom stereocenters. The van der Waals surface area contributed by atoms with Gasteiger partial charge in [-0.05, 0) is 19.1 Å². The van der Waals surface area contributed by atoms with Gasteiger partial charge in [-0.15, -0.1) is 0 Å². The maximum Gasteiger partial charge on any atom is 0.325 e. The van der Waals surface area contributed by atoms with Crippen molar-refractivity contribution in [1.29, 1.82) is 0 Å². The van der Waals surface area contributed by atoms with E-state index in [4.69, 9.17) is 5.11 Å². The van der Waals surface area contributed by atoms with Crippen molar-refractivity contribution >= 4 is 11.5 Å². The Kier molecular flexibility index (Phi) is 2.37. The topological polar surface area (TPSA) is 101 Å². The average Bonchev–Trinajstić information content (AvgIpc) is 2.07. The Bertz CT molecular complexity index is 373. The molecule has 0 heterocycles. The predicted molar refractivity (Wildman–Crippen MR) is 46.4 cm³/mol. The molecule has 1 aromatic rings. The number of ketones is 1. The zero-order valence-electron chi connectivity index (χ0n) is 7.22. The number of Topliss-reactive ketones (excluding diaryl/α,β-unsaturated/α-hetero) is 1. The molecule has 1 rings (SSSR count). The van der Waals surface area contributed by atoms with Gasteiger partial charge in [0.2, 0.25) is 0 Å². The van der Waals surface area contributed by atoms with Crippen molar-refractivity contribution in [3.63, 3.8) is 0 Å². The number of rotatable bonds is 2. The molecule has 0 spiro atoms. The average molecular weight is 197 g/mol. The summed E-state index contributed by atoms with van der Waals surface area (Å²) in [6.45, 7) is 1.07. The SMILES string of the molecule is CC(=O)c1c(O)ccc(O)c1[N+](=O)[O-]. The van der Waals surface area contributed by atoms with Crippen molar-refractivity contribution in [3.8, 4) is 11.5 Å². The molecule has 0 saturated heterocycles. The van der Waals surface area contributed by atoms with E-state index < -0.39 is 33.5 Å². The lowest BCUT2D eigenvalue weighted by Gasteiger charge is -2.02. The van der Waals surface area contributed by atoms with E-state index in [1.807, 2.05) is 0 Å². The zero-order valence-corrected chi connectivity index (χ0v) is 7.22. The zero-order chi connectivity index (χ0) is 10.9. The molecule has 0 radical (unpaired) electrons. The smallest absolute Gasteiger partial charge is 0.325 e. The number of phenolic OH excluding ortho intramolecular Hbond substituents is 2. The Morgan fingerprint density at radius 2 is 1.86 bits per heavy atom. The van der Waals surface area contributed by atoms with Crippen LogP contribution in [0, 0.1) is 10.1 Å². The van der Waals surface area contributed by atoms with E-state index in [2.05, 4.69) is 0 Å². The number of hydrogen-bond acceptors (Lipinski definition) is 5. The first-order valence-electron chi connectivity index (χ1n) is 3.65. The number of nitro groups is 1. The highest BCUT2D eigenvalue weighted by Gasteiger charge is 2.25. The Hall–Kier alpha value is -2.11. The van der Waals surface area contributed by atoms with Gasteiger partial charge in [0, 0.05) is 0 Å². The van der Waals surface area contributed by atoms with Crippen LogP contribution in [0.15, 0.2) is 12.1 Å². The van der Waals surface area contributed by atoms with Gasteiger partial charge in [0.15, 0.2) is 11.5 Å². The number of benzene rings is 1. The number of phenols is 2. The quantitative estimate of drug-likeness (QED) is 0.321. The minimum Gasteiger partial charge on any atom is -0.507 e. The molecule has 1 aromatic carbocycles. The molecule has 0 aliphatic rings. The summed E-state index contributed by atoms with van der Waals surface area (Å²) < 4.78 is 0. The summed E-state index contributed by atoms with van der Waals surface area (Å²) >= 11 is 0. The van der Waals surface area contributed by atoms with Gasteiger partial charge in [-0.2, -0.15) is 0 Å². The minimum atomic E-state index is -0.911. The van der Waals surface area contributed by atoms with Crippen LogP contribution in [0.25, 0.3) is 0 Å². The lowest BCUT2D eigenvalue weighted by molar-refractivity contribution is -0.386. The maximum atomic E-state index is 11.0. The third kappa shape index (κ3) is 1.49. The van der Waals surface area contributed by atoms with Crippen molar-refractivity contribution < 1.29 is 19.9 Å². The van der Waals surface area contributed by atoms with E-state index in [1.54, 1.807) is 0 Å². The molecule has 6 nitrogen and oxygen atoms in total. The molecule has 0 aromatic heterocycles. The Balaban J connectivity index is 3.58. The van der Waals surface area contributed by atoms with E-state index in [0.717, 1.165) is 19.1 Å². The Morgan fingerprint density at radius 1 is 1.36 bits per heavy atom. The van der Waals surface area contributed by atoms with E-state index in [0.29, 0.717) is 0 Å². The first kappa shape index (κ1) is 9.97. The summed E-state index contributed by atoms with van der Waals surface area (Å²) in [7, 11) is 0. The molecule has 0 saturated carbocycles. The fourth-order valence-electron chi connectivity index (χ4n) is 1.10. The molecule has 0 unspecified atom stereocenters. The minimum absolute atomic E-state index is 0.477. The first-order valence-corrected chi connectivity index (χ1v) is 3.65. The monoisotopic (exact) mass is 197 g/mol. The van der Waals surface area contributed by atoms with Crippen LogP contribution in [0.2, 0.25) is 0 Å². The van der Waals surface area contributed by atoms with Crippen LogP contribution >= 0.6 is 0 Å². The lowest BCUT2D eigenvalue weighted by atomic mass is 10.1. The fourth-order valence-corrected chi connectivity index (χ4v) is 1.10. The lowest BCUT2D eigenvalue weighted by Crippen LogP contribution is -2.00. The molecule has 0 aliphatic heterocycles. The molecular formula is C8H7NO5. The first-order chi connectivity index (χ1) is 6.45. The number of hydrogen-bond donors (Lipinski definition) is 2. The Labute approximate surface area is 78.6 Å². The maximum absolute atomic E-state index is 11.0. The summed E-state index contributed by atoms with van der Waals surface area (Å²) in [5, 5.41) is 28.8. The standard InChI is InChI=1S/C8H7NO5/c1-4(10)7-5(11)2-3-6(12)8(7)9(13)14/h2-3,11-12H,1H3. The van der Waals surface area contributed by atoms with Gasteiger partial charge in [-0.3, -0.25) is 14.9 Å². The number of aromatic hydroxyl groups is 2. The van der Waals surface area contributed by atoms with Crippen molar-refractivity contribution in [3.05, 3.63) is 27.8 Å². The normalized spacial score (nSPS) is 9.79. The van der Waals surface area contributed by atoms with Crippen LogP contribution in [0.5, 0.6) is 11.5 Å². The highest BCUT2D eigenvalue weighted by atomic mass is 16.6. The number of nitro benzene ring substituents is 1. The number of carbonyl (C=O) groups excluding carboxylic acids is 1. The molecule has 0 aliphatic carbocycles. The second kappa shape index (κ2) is 3.33. The van der Waals surface area contributed by atoms with E-state index in [-0.39, 0.29) is 0 Å². The second-order valence-electron chi connectivity index (χ2n) is 2.64. The molecule has 0 amide bonds. The largest absolute Gasteiger partial charge is 0.507 e. The van der Waals surface area contributed by atoms with Crippen LogP contribution in [0.1, 0.15) is 17.3 Å². The van der Waals surface area contributed by atoms with Gasteiger partial charge in [0.05, 0.1) is 4.92 Å². The molecule has 2 N–H and O–H groups in total. The van der Waals surface area contributed by atoms with E-state index >= 15 is 0 Å². The molecule has 0 fully saturated rings. The molecule has 74 valence electrons. The van der Waals surface area contributed by atoms with Crippen LogP contribution in [0.4, 0.5) is 5.69 Å². The van der Waals surface area contributed by atoms with Crippen LogP contribution in [-0.2, 0) is 0 Å². The van der Waals surface area contributed by atoms with E-state index in [1.165, 1.54) is 0 Å². The van der Waals surface area contributed by atoms with Crippen LogP contribution in [-0.4, -0.2) is 20.9 Å². The molecule has 14 heavy (non-hydrogen) atoms. The van der Waals surface area contributed by atoms with Crippen LogP contribution < -0.4 is 0 Å². The predicted octanol–water partition coefficient (Wildman–Crippen LogP) is 1.21. The van der Waals surface area contributed by atoms with Gasteiger partial charge < -0.3 is 10.2 Å². The number of nitrogens with zero attached hydrogens (tertiary/aromatic N) is 1. The van der Waals surface area contributed by atoms with Crippen molar-refractivity contribution in [1.82, 2.24) is 0 Å². The van der Waals surface area contributed by atoms with Crippen molar-refractivity contribution in [2.45, 2.75) is 6.92 Å². The van der Waals surface area contributed by atoms with E-state index in [9.17, 15) is 20.0 Å². The van der Waals surface area contributed by atoms with Crippen LogP contribution in [0.3, 0.4) is 0 Å². The summed E-state index contributed by atoms with van der Waals surface area (Å²) in [6.07, 6.45) is 0. The summed E-state index contributed by atoms with van der Waals surface area (Å²) in [5.41, 5.74) is -1.24. The fraction of sp³-hybridized carbons (Fsp3) is 0.125. The molecular weight excluding hydrogens is 190 g/mol. The Morgan fingerprint density at radius 3 is 2.21 bits per heavy atom. The van der Waals surface area contributed by atoms with Gasteiger partial charge in [0.1, 0.15) is 11.3 Å². The van der Waals surface area contributed by atoms with Gasteiger partial charge in [-0.1, -0.05) is 0 Å². The highest BCUT2D eigenvalue weighted by molar-refractivity contribution is 6.01. The molecule has 0 bridgehead atoms. The number of carbonyl (C=O) groups is 1. The second-order valence-corrected chi connectivity index (χ2v) is 2.64. The van der Waals surface area contributed by atoms with Gasteiger partial charge in [0.25, 0.3) is 0 Å². The summed E-state index contributed by atoms with van der Waals surface area (Å²) in [6, 6.07) is 1.99. The third-order valence-corrected chi connectivity index (χ3v) is 1.67. The summed E-state index contributed by atoms with van der Waals surface area (Å²) in [5.74, 6) is -1.83. The highest BCUT2D eigenvalue weighted by Crippen LogP contribution is 2.35. The van der Waals surface area contributed by atoms with Gasteiger partial charge in [-0.25, -0.2) is 0 Å². The van der Waals surface area contributed by atoms with Crippen molar-refractivity contribution in [2.24, 2.45) is 0 Å². The third-order valence-electron chi connectivity index (χ3n) is 1.67. The summed E-state index contributed by atoms with van der Waals surface area (Å²) in [4.78, 5) is 20.5. The molecule has 6 heteroatoms. The van der Waals surface area contributed by atoms with Gasteiger partial charge >= 0.3 is 5.69 Å².